The second-order valence-corrected chi connectivity index (χ2v) is 1.53. The Hall–Kier alpha value is -1.13. The van der Waals surface area contributed by atoms with Crippen LogP contribution in [0.3, 0.4) is 0 Å². The van der Waals surface area contributed by atoms with E-state index in [2.05, 4.69) is 5.29 Å². The molecule has 5 nitrogen and oxygen atoms in total. The summed E-state index contributed by atoms with van der Waals surface area (Å²) in [6.07, 6.45) is 0. The topological polar surface area (TPSA) is 75.8 Å². The van der Waals surface area contributed by atoms with Crippen molar-refractivity contribution >= 4 is 5.91 Å². The molecule has 0 unspecified atom stereocenters. The first-order valence-corrected chi connectivity index (χ1v) is 2.57. The highest BCUT2D eigenvalue weighted by Crippen LogP contribution is 1.84. The van der Waals surface area contributed by atoms with E-state index >= 15 is 0 Å². The molecule has 0 rings (SSSR count). The first-order chi connectivity index (χ1) is 4.20. The Morgan fingerprint density at radius 3 is 2.44 bits per heavy atom. The molecule has 9 heavy (non-hydrogen) atoms. The van der Waals surface area contributed by atoms with Crippen LogP contribution in [-0.4, -0.2) is 24.0 Å². The van der Waals surface area contributed by atoms with Gasteiger partial charge in [0.2, 0.25) is 5.91 Å². The average Bonchev–Trinajstić information content (AvgIpc) is 1.82. The first-order valence-electron chi connectivity index (χ1n) is 2.57. The van der Waals surface area contributed by atoms with Gasteiger partial charge in [-0.1, -0.05) is 0 Å². The molecule has 0 saturated heterocycles. The normalized spacial score (nSPS) is 8.56. The van der Waals surface area contributed by atoms with Crippen molar-refractivity contribution in [1.82, 2.24) is 5.01 Å². The molecular formula is C4H9N3O2. The largest absolute Gasteiger partial charge is 0.368 e. The summed E-state index contributed by atoms with van der Waals surface area (Å²) in [7, 11) is 0. The van der Waals surface area contributed by atoms with Crippen molar-refractivity contribution in [3.05, 3.63) is 4.91 Å². The van der Waals surface area contributed by atoms with Gasteiger partial charge in [-0.2, -0.15) is 0 Å². The van der Waals surface area contributed by atoms with Crippen LogP contribution >= 0.6 is 0 Å². The van der Waals surface area contributed by atoms with Crippen LogP contribution in [0.2, 0.25) is 0 Å². The fourth-order valence-electron chi connectivity index (χ4n) is 0.378. The number of amides is 1. The van der Waals surface area contributed by atoms with Crippen LogP contribution in [0.4, 0.5) is 0 Å². The number of hydrogen-bond donors (Lipinski definition) is 1. The molecule has 0 atom stereocenters. The van der Waals surface area contributed by atoms with Gasteiger partial charge in [0.15, 0.2) is 0 Å². The van der Waals surface area contributed by atoms with Crippen LogP contribution in [0.15, 0.2) is 5.29 Å². The van der Waals surface area contributed by atoms with Crippen molar-refractivity contribution < 1.29 is 4.79 Å². The smallest absolute Gasteiger partial charge is 0.238 e. The van der Waals surface area contributed by atoms with E-state index < -0.39 is 5.91 Å². The Morgan fingerprint density at radius 1 is 1.78 bits per heavy atom. The van der Waals surface area contributed by atoms with Crippen LogP contribution in [0.1, 0.15) is 6.92 Å². The van der Waals surface area contributed by atoms with E-state index in [0.717, 1.165) is 5.01 Å². The van der Waals surface area contributed by atoms with Crippen molar-refractivity contribution in [2.24, 2.45) is 11.0 Å². The third-order valence-corrected chi connectivity index (χ3v) is 0.819. The van der Waals surface area contributed by atoms with Crippen LogP contribution in [0.5, 0.6) is 0 Å². The van der Waals surface area contributed by atoms with Crippen LogP contribution in [0, 0.1) is 4.91 Å². The monoisotopic (exact) mass is 131 g/mol. The number of hydrogen-bond acceptors (Lipinski definition) is 3. The molecule has 5 heteroatoms. The Balaban J connectivity index is 3.55. The van der Waals surface area contributed by atoms with Gasteiger partial charge < -0.3 is 5.73 Å². The van der Waals surface area contributed by atoms with Gasteiger partial charge >= 0.3 is 0 Å². The van der Waals surface area contributed by atoms with Gasteiger partial charge in [-0.15, -0.1) is 4.91 Å². The van der Waals surface area contributed by atoms with E-state index in [9.17, 15) is 9.70 Å². The van der Waals surface area contributed by atoms with Crippen molar-refractivity contribution in [2.45, 2.75) is 6.92 Å². The molecule has 0 fully saturated rings. The number of nitrogens with zero attached hydrogens (tertiary/aromatic N) is 2. The van der Waals surface area contributed by atoms with Crippen molar-refractivity contribution in [3.63, 3.8) is 0 Å². The Bertz CT molecular complexity index is 114. The number of primary amides is 1. The lowest BCUT2D eigenvalue weighted by Gasteiger charge is -2.07. The lowest BCUT2D eigenvalue weighted by Crippen LogP contribution is -2.29. The maximum atomic E-state index is 10.1. The first kappa shape index (κ1) is 7.87. The SMILES string of the molecule is CCN(CC(N)=O)N=O. The standard InChI is InChI=1S/C4H9N3O2/c1-2-7(6-9)3-4(5)8/h2-3H2,1H3,(H2,5,8). The summed E-state index contributed by atoms with van der Waals surface area (Å²) < 4.78 is 0. The fraction of sp³-hybridized carbons (Fsp3) is 0.750. The van der Waals surface area contributed by atoms with Crippen molar-refractivity contribution in [2.75, 3.05) is 13.1 Å². The molecule has 0 aromatic heterocycles. The molecule has 0 radical (unpaired) electrons. The van der Waals surface area contributed by atoms with Gasteiger partial charge in [-0.05, 0) is 6.92 Å². The summed E-state index contributed by atoms with van der Waals surface area (Å²) >= 11 is 0. The second-order valence-electron chi connectivity index (χ2n) is 1.53. The van der Waals surface area contributed by atoms with Gasteiger partial charge in [0.25, 0.3) is 0 Å². The molecule has 0 bridgehead atoms. The van der Waals surface area contributed by atoms with E-state index in [4.69, 9.17) is 5.73 Å². The fourth-order valence-corrected chi connectivity index (χ4v) is 0.378. The van der Waals surface area contributed by atoms with Crippen LogP contribution < -0.4 is 5.73 Å². The number of carbonyl (C=O) groups is 1. The highest BCUT2D eigenvalue weighted by atomic mass is 16.3. The number of carbonyl (C=O) groups excluding carboxylic acids is 1. The minimum absolute atomic E-state index is 0.0972. The molecule has 0 heterocycles. The molecule has 1 amide bonds. The zero-order valence-electron chi connectivity index (χ0n) is 5.20. The summed E-state index contributed by atoms with van der Waals surface area (Å²) in [6.45, 7) is 2.02. The summed E-state index contributed by atoms with van der Waals surface area (Å²) in [6, 6.07) is 0. The lowest BCUT2D eigenvalue weighted by atomic mass is 10.6. The number of rotatable bonds is 4. The van der Waals surface area contributed by atoms with Crippen LogP contribution in [0.25, 0.3) is 0 Å². The molecule has 0 aromatic rings. The minimum Gasteiger partial charge on any atom is -0.368 e. The van der Waals surface area contributed by atoms with Crippen LogP contribution in [-0.2, 0) is 4.79 Å². The number of nitrogens with two attached hydrogens (primary N) is 1. The quantitative estimate of drug-likeness (QED) is 0.411. The van der Waals surface area contributed by atoms with Gasteiger partial charge in [0.1, 0.15) is 6.54 Å². The van der Waals surface area contributed by atoms with E-state index in [0.29, 0.717) is 6.54 Å². The molecule has 52 valence electrons. The molecule has 0 aliphatic rings. The second kappa shape index (κ2) is 3.82. The van der Waals surface area contributed by atoms with Gasteiger partial charge in [0.05, 0.1) is 5.29 Å². The third-order valence-electron chi connectivity index (χ3n) is 0.819. The lowest BCUT2D eigenvalue weighted by molar-refractivity contribution is -0.119. The van der Waals surface area contributed by atoms with E-state index in [1.165, 1.54) is 0 Å². The average molecular weight is 131 g/mol. The molecule has 0 aromatic carbocycles. The zero-order chi connectivity index (χ0) is 7.28. The number of nitroso groups, excluding NO2 is 1. The molecule has 0 saturated carbocycles. The van der Waals surface area contributed by atoms with Gasteiger partial charge in [-0.3, -0.25) is 9.80 Å². The Morgan fingerprint density at radius 2 is 2.33 bits per heavy atom. The maximum absolute atomic E-state index is 10.1. The Labute approximate surface area is 52.8 Å². The summed E-state index contributed by atoms with van der Waals surface area (Å²) in [5, 5.41) is 3.57. The third kappa shape index (κ3) is 3.45. The number of likely N-dealkylation sites (N-methyl/N-ethyl adjacent to an activating group) is 1. The van der Waals surface area contributed by atoms with E-state index in [1.54, 1.807) is 6.92 Å². The molecule has 2 N–H and O–H groups in total. The van der Waals surface area contributed by atoms with Gasteiger partial charge in [0, 0.05) is 6.54 Å². The molecule has 0 spiro atoms. The van der Waals surface area contributed by atoms with E-state index in [-0.39, 0.29) is 6.54 Å². The minimum atomic E-state index is -0.545. The van der Waals surface area contributed by atoms with Crippen molar-refractivity contribution in [1.29, 1.82) is 0 Å². The van der Waals surface area contributed by atoms with Gasteiger partial charge in [-0.25, -0.2) is 0 Å². The molecule has 0 aliphatic carbocycles. The highest BCUT2D eigenvalue weighted by molar-refractivity contribution is 5.75. The highest BCUT2D eigenvalue weighted by Gasteiger charge is 2.01. The zero-order valence-corrected chi connectivity index (χ0v) is 5.20. The summed E-state index contributed by atoms with van der Waals surface area (Å²) in [5.74, 6) is -0.545. The Kier molecular flexibility index (Phi) is 3.34. The molecular weight excluding hydrogens is 122 g/mol. The predicted molar refractivity (Wildman–Crippen MR) is 32.2 cm³/mol. The maximum Gasteiger partial charge on any atom is 0.238 e. The summed E-state index contributed by atoms with van der Waals surface area (Å²) in [4.78, 5) is 19.8. The van der Waals surface area contributed by atoms with E-state index in [1.807, 2.05) is 0 Å². The van der Waals surface area contributed by atoms with Crippen molar-refractivity contribution in [3.8, 4) is 0 Å². The predicted octanol–water partition coefficient (Wildman–Crippen LogP) is -0.525. The molecule has 0 aliphatic heterocycles. The summed E-state index contributed by atoms with van der Waals surface area (Å²) in [5.41, 5.74) is 4.76.